The van der Waals surface area contributed by atoms with E-state index in [9.17, 15) is 4.79 Å². The number of amides is 1. The highest BCUT2D eigenvalue weighted by Crippen LogP contribution is 2.45. The van der Waals surface area contributed by atoms with Gasteiger partial charge >= 0.3 is 0 Å². The fourth-order valence-corrected chi connectivity index (χ4v) is 3.57. The SMILES string of the molecule is CNC(=O)CCC1CCc2cc(C)c3c(c21)CCO3. The highest BCUT2D eigenvalue weighted by atomic mass is 16.5. The zero-order chi connectivity index (χ0) is 13.4. The Kier molecular flexibility index (Phi) is 3.21. The van der Waals surface area contributed by atoms with Crippen molar-refractivity contribution in [1.29, 1.82) is 0 Å². The first-order valence-corrected chi connectivity index (χ1v) is 7.19. The van der Waals surface area contributed by atoms with Crippen LogP contribution in [0.4, 0.5) is 0 Å². The molecule has 0 bridgehead atoms. The summed E-state index contributed by atoms with van der Waals surface area (Å²) in [6.45, 7) is 2.96. The first kappa shape index (κ1) is 12.5. The smallest absolute Gasteiger partial charge is 0.219 e. The molecule has 1 N–H and O–H groups in total. The summed E-state index contributed by atoms with van der Waals surface area (Å²) in [5, 5.41) is 2.71. The molecule has 0 saturated carbocycles. The second-order valence-electron chi connectivity index (χ2n) is 5.62. The van der Waals surface area contributed by atoms with Crippen LogP contribution in [0.2, 0.25) is 0 Å². The zero-order valence-corrected chi connectivity index (χ0v) is 11.7. The number of hydrogen-bond acceptors (Lipinski definition) is 2. The first-order valence-electron chi connectivity index (χ1n) is 7.19. The van der Waals surface area contributed by atoms with E-state index in [1.807, 2.05) is 0 Å². The summed E-state index contributed by atoms with van der Waals surface area (Å²) in [6, 6.07) is 2.29. The lowest BCUT2D eigenvalue weighted by Gasteiger charge is -2.15. The minimum atomic E-state index is 0.147. The van der Waals surface area contributed by atoms with Crippen molar-refractivity contribution in [2.45, 2.75) is 44.9 Å². The number of ether oxygens (including phenoxy) is 1. The predicted octanol–water partition coefficient (Wildman–Crippen LogP) is 2.49. The lowest BCUT2D eigenvalue weighted by atomic mass is 9.89. The van der Waals surface area contributed by atoms with Crippen molar-refractivity contribution in [1.82, 2.24) is 5.32 Å². The summed E-state index contributed by atoms with van der Waals surface area (Å²) in [5.41, 5.74) is 5.69. The van der Waals surface area contributed by atoms with Crippen molar-refractivity contribution in [3.8, 4) is 5.75 Å². The summed E-state index contributed by atoms with van der Waals surface area (Å²) >= 11 is 0. The van der Waals surface area contributed by atoms with Crippen molar-refractivity contribution in [2.24, 2.45) is 0 Å². The van der Waals surface area contributed by atoms with E-state index >= 15 is 0 Å². The fourth-order valence-electron chi connectivity index (χ4n) is 3.57. The lowest BCUT2D eigenvalue weighted by molar-refractivity contribution is -0.120. The molecule has 0 aromatic heterocycles. The summed E-state index contributed by atoms with van der Waals surface area (Å²) < 4.78 is 5.77. The van der Waals surface area contributed by atoms with Crippen LogP contribution in [-0.2, 0) is 17.6 Å². The Morgan fingerprint density at radius 3 is 3.11 bits per heavy atom. The van der Waals surface area contributed by atoms with Crippen LogP contribution in [-0.4, -0.2) is 19.6 Å². The highest BCUT2D eigenvalue weighted by Gasteiger charge is 2.30. The van der Waals surface area contributed by atoms with E-state index in [1.165, 1.54) is 28.7 Å². The maximum Gasteiger partial charge on any atom is 0.219 e. The monoisotopic (exact) mass is 259 g/mol. The molecule has 1 unspecified atom stereocenters. The second kappa shape index (κ2) is 4.87. The molecule has 19 heavy (non-hydrogen) atoms. The Balaban J connectivity index is 1.88. The molecule has 1 aliphatic carbocycles. The van der Waals surface area contributed by atoms with Crippen LogP contribution < -0.4 is 10.1 Å². The quantitative estimate of drug-likeness (QED) is 0.905. The van der Waals surface area contributed by atoms with Gasteiger partial charge in [0.15, 0.2) is 0 Å². The lowest BCUT2D eigenvalue weighted by Crippen LogP contribution is -2.18. The maximum absolute atomic E-state index is 11.4. The Bertz CT molecular complexity index is 522. The Labute approximate surface area is 114 Å². The van der Waals surface area contributed by atoms with Crippen molar-refractivity contribution in [3.05, 3.63) is 28.3 Å². The van der Waals surface area contributed by atoms with Gasteiger partial charge in [-0.3, -0.25) is 4.79 Å². The molecular formula is C16H21NO2. The van der Waals surface area contributed by atoms with Crippen molar-refractivity contribution < 1.29 is 9.53 Å². The number of benzene rings is 1. The molecule has 1 heterocycles. The van der Waals surface area contributed by atoms with Gasteiger partial charge in [0.1, 0.15) is 5.75 Å². The standard InChI is InChI=1S/C16H21NO2/c1-10-9-12-4-3-11(5-6-14(18)17-2)15(12)13-7-8-19-16(10)13/h9,11H,3-8H2,1-2H3,(H,17,18). The van der Waals surface area contributed by atoms with Crippen LogP contribution in [0, 0.1) is 6.92 Å². The summed E-state index contributed by atoms with van der Waals surface area (Å²) in [5.74, 6) is 1.81. The first-order chi connectivity index (χ1) is 9.20. The number of rotatable bonds is 3. The van der Waals surface area contributed by atoms with Crippen LogP contribution in [0.5, 0.6) is 5.75 Å². The average molecular weight is 259 g/mol. The van der Waals surface area contributed by atoms with E-state index in [1.54, 1.807) is 7.05 Å². The molecule has 102 valence electrons. The van der Waals surface area contributed by atoms with Gasteiger partial charge in [-0.25, -0.2) is 0 Å². The van der Waals surface area contributed by atoms with E-state index in [0.29, 0.717) is 12.3 Å². The van der Waals surface area contributed by atoms with Gasteiger partial charge in [-0.05, 0) is 48.8 Å². The van der Waals surface area contributed by atoms with Crippen molar-refractivity contribution >= 4 is 5.91 Å². The number of fused-ring (bicyclic) bond motifs is 3. The molecule has 1 amide bonds. The summed E-state index contributed by atoms with van der Waals surface area (Å²) in [6.07, 6.45) is 4.96. The molecule has 0 saturated heterocycles. The molecule has 3 rings (SSSR count). The molecule has 3 nitrogen and oxygen atoms in total. The highest BCUT2D eigenvalue weighted by molar-refractivity contribution is 5.75. The zero-order valence-electron chi connectivity index (χ0n) is 11.7. The Morgan fingerprint density at radius 1 is 1.47 bits per heavy atom. The van der Waals surface area contributed by atoms with E-state index in [2.05, 4.69) is 18.3 Å². The van der Waals surface area contributed by atoms with Crippen LogP contribution >= 0.6 is 0 Å². The number of nitrogens with one attached hydrogen (secondary N) is 1. The minimum absolute atomic E-state index is 0.147. The molecule has 0 spiro atoms. The molecule has 3 heteroatoms. The van der Waals surface area contributed by atoms with Gasteiger partial charge in [0.25, 0.3) is 0 Å². The normalized spacial score (nSPS) is 19.8. The molecule has 1 aromatic carbocycles. The molecule has 2 aliphatic rings. The summed E-state index contributed by atoms with van der Waals surface area (Å²) in [4.78, 5) is 11.4. The second-order valence-corrected chi connectivity index (χ2v) is 5.62. The van der Waals surface area contributed by atoms with E-state index in [0.717, 1.165) is 31.6 Å². The topological polar surface area (TPSA) is 38.3 Å². The van der Waals surface area contributed by atoms with E-state index < -0.39 is 0 Å². The minimum Gasteiger partial charge on any atom is -0.493 e. The molecule has 1 atom stereocenters. The Morgan fingerprint density at radius 2 is 2.32 bits per heavy atom. The van der Waals surface area contributed by atoms with E-state index in [4.69, 9.17) is 4.74 Å². The van der Waals surface area contributed by atoms with Gasteiger partial charge < -0.3 is 10.1 Å². The number of aryl methyl sites for hydroxylation is 2. The fraction of sp³-hybridized carbons (Fsp3) is 0.562. The third-order valence-corrected chi connectivity index (χ3v) is 4.46. The largest absolute Gasteiger partial charge is 0.493 e. The van der Waals surface area contributed by atoms with Gasteiger partial charge in [0.05, 0.1) is 6.61 Å². The van der Waals surface area contributed by atoms with Crippen molar-refractivity contribution in [2.75, 3.05) is 13.7 Å². The van der Waals surface area contributed by atoms with Crippen LogP contribution in [0.1, 0.15) is 47.4 Å². The van der Waals surface area contributed by atoms with Crippen LogP contribution in [0.15, 0.2) is 6.07 Å². The number of carbonyl (C=O) groups excluding carboxylic acids is 1. The molecule has 0 radical (unpaired) electrons. The molecule has 0 fully saturated rings. The van der Waals surface area contributed by atoms with Crippen LogP contribution in [0.3, 0.4) is 0 Å². The summed E-state index contributed by atoms with van der Waals surface area (Å²) in [7, 11) is 1.71. The average Bonchev–Trinajstić information content (AvgIpc) is 3.02. The maximum atomic E-state index is 11.4. The van der Waals surface area contributed by atoms with Gasteiger partial charge in [-0.1, -0.05) is 6.07 Å². The van der Waals surface area contributed by atoms with Crippen LogP contribution in [0.25, 0.3) is 0 Å². The number of carbonyl (C=O) groups is 1. The molecular weight excluding hydrogens is 238 g/mol. The van der Waals surface area contributed by atoms with Gasteiger partial charge in [0, 0.05) is 25.5 Å². The predicted molar refractivity (Wildman–Crippen MR) is 74.7 cm³/mol. The van der Waals surface area contributed by atoms with E-state index in [-0.39, 0.29) is 5.91 Å². The van der Waals surface area contributed by atoms with Crippen molar-refractivity contribution in [3.63, 3.8) is 0 Å². The number of hydrogen-bond donors (Lipinski definition) is 1. The third-order valence-electron chi connectivity index (χ3n) is 4.46. The van der Waals surface area contributed by atoms with Gasteiger partial charge in [0.2, 0.25) is 5.91 Å². The molecule has 1 aromatic rings. The molecule has 1 aliphatic heterocycles. The Hall–Kier alpha value is -1.51. The van der Waals surface area contributed by atoms with Gasteiger partial charge in [-0.15, -0.1) is 0 Å². The van der Waals surface area contributed by atoms with Gasteiger partial charge in [-0.2, -0.15) is 0 Å². The third kappa shape index (κ3) is 2.11.